The second-order valence-electron chi connectivity index (χ2n) is 7.72. The molecule has 0 saturated carbocycles. The zero-order chi connectivity index (χ0) is 25.1. The molecule has 8 nitrogen and oxygen atoms in total. The number of ether oxygens (including phenoxy) is 2. The topological polar surface area (TPSA) is 79.4 Å². The van der Waals surface area contributed by atoms with Crippen molar-refractivity contribution in [3.8, 4) is 11.5 Å². The lowest BCUT2D eigenvalue weighted by Gasteiger charge is -2.37. The summed E-state index contributed by atoms with van der Waals surface area (Å²) in [6.45, 7) is 0.722. The van der Waals surface area contributed by atoms with E-state index < -0.39 is 34.2 Å². The molecule has 0 aromatic heterocycles. The van der Waals surface area contributed by atoms with Crippen LogP contribution in [-0.4, -0.2) is 72.4 Å². The van der Waals surface area contributed by atoms with Crippen molar-refractivity contribution in [2.24, 2.45) is 0 Å². The van der Waals surface area contributed by atoms with Crippen LogP contribution in [0.1, 0.15) is 5.56 Å². The Morgan fingerprint density at radius 1 is 1.00 bits per heavy atom. The number of amides is 1. The maximum atomic E-state index is 13.0. The Balaban J connectivity index is 1.70. The van der Waals surface area contributed by atoms with Crippen molar-refractivity contribution in [2.45, 2.75) is 6.18 Å². The van der Waals surface area contributed by atoms with Gasteiger partial charge in [0.25, 0.3) is 0 Å². The summed E-state index contributed by atoms with van der Waals surface area (Å²) < 4.78 is 75.3. The number of piperazine rings is 1. The van der Waals surface area contributed by atoms with Crippen molar-refractivity contribution in [3.63, 3.8) is 0 Å². The van der Waals surface area contributed by atoms with Crippen LogP contribution in [0.5, 0.6) is 11.5 Å². The van der Waals surface area contributed by atoms with E-state index in [1.165, 1.54) is 37.3 Å². The SMILES string of the molecule is COc1ccc(N(CC(=O)N2CCN(c3cccc(C(F)(F)F)c3)CC2)S(C)(=O)=O)cc1OC. The van der Waals surface area contributed by atoms with Crippen LogP contribution in [-0.2, 0) is 21.0 Å². The molecule has 1 aliphatic heterocycles. The van der Waals surface area contributed by atoms with Crippen molar-refractivity contribution in [3.05, 3.63) is 48.0 Å². The average molecular weight is 502 g/mol. The van der Waals surface area contributed by atoms with Gasteiger partial charge in [-0.25, -0.2) is 8.42 Å². The number of nitrogens with zero attached hydrogens (tertiary/aromatic N) is 3. The van der Waals surface area contributed by atoms with Crippen LogP contribution in [0.2, 0.25) is 0 Å². The molecule has 2 aromatic carbocycles. The number of halogens is 3. The number of alkyl halides is 3. The number of carbonyl (C=O) groups is 1. The van der Waals surface area contributed by atoms with E-state index in [9.17, 15) is 26.4 Å². The Bertz CT molecular complexity index is 1130. The van der Waals surface area contributed by atoms with Crippen molar-refractivity contribution >= 4 is 27.3 Å². The molecule has 0 spiro atoms. The third-order valence-electron chi connectivity index (χ3n) is 5.51. The Morgan fingerprint density at radius 2 is 1.65 bits per heavy atom. The van der Waals surface area contributed by atoms with Crippen LogP contribution in [0.15, 0.2) is 42.5 Å². The molecule has 0 aliphatic carbocycles. The molecular formula is C22H26F3N3O5S. The van der Waals surface area contributed by atoms with E-state index in [0.29, 0.717) is 30.3 Å². The number of benzene rings is 2. The van der Waals surface area contributed by atoms with Crippen LogP contribution >= 0.6 is 0 Å². The molecule has 0 bridgehead atoms. The molecular weight excluding hydrogens is 475 g/mol. The van der Waals surface area contributed by atoms with Crippen molar-refractivity contribution in [2.75, 3.05) is 62.4 Å². The van der Waals surface area contributed by atoms with Gasteiger partial charge < -0.3 is 19.3 Å². The van der Waals surface area contributed by atoms with E-state index in [1.54, 1.807) is 17.0 Å². The summed E-state index contributed by atoms with van der Waals surface area (Å²) in [5, 5.41) is 0. The van der Waals surface area contributed by atoms with E-state index >= 15 is 0 Å². The maximum Gasteiger partial charge on any atom is 0.416 e. The lowest BCUT2D eigenvalue weighted by atomic mass is 10.1. The Hall–Kier alpha value is -3.15. The summed E-state index contributed by atoms with van der Waals surface area (Å²) in [5.74, 6) is 0.316. The van der Waals surface area contributed by atoms with Gasteiger partial charge in [-0.2, -0.15) is 13.2 Å². The first-order valence-corrected chi connectivity index (χ1v) is 12.2. The Labute approximate surface area is 196 Å². The van der Waals surface area contributed by atoms with Crippen LogP contribution in [0.25, 0.3) is 0 Å². The fourth-order valence-corrected chi connectivity index (χ4v) is 4.54. The fourth-order valence-electron chi connectivity index (χ4n) is 3.70. The second kappa shape index (κ2) is 10.00. The zero-order valence-corrected chi connectivity index (χ0v) is 19.8. The van der Waals surface area contributed by atoms with Gasteiger partial charge >= 0.3 is 6.18 Å². The number of sulfonamides is 1. The summed E-state index contributed by atoms with van der Waals surface area (Å²) in [5.41, 5.74) is -0.0664. The molecule has 1 heterocycles. The second-order valence-corrected chi connectivity index (χ2v) is 9.63. The largest absolute Gasteiger partial charge is 0.493 e. The first-order valence-electron chi connectivity index (χ1n) is 10.3. The van der Waals surface area contributed by atoms with E-state index in [4.69, 9.17) is 9.47 Å². The lowest BCUT2D eigenvalue weighted by Crippen LogP contribution is -2.52. The minimum absolute atomic E-state index is 0.246. The van der Waals surface area contributed by atoms with Crippen LogP contribution in [0.4, 0.5) is 24.5 Å². The van der Waals surface area contributed by atoms with Crippen molar-refractivity contribution in [1.29, 1.82) is 0 Å². The molecule has 1 aliphatic rings. The smallest absolute Gasteiger partial charge is 0.416 e. The maximum absolute atomic E-state index is 13.0. The molecule has 1 saturated heterocycles. The molecule has 34 heavy (non-hydrogen) atoms. The van der Waals surface area contributed by atoms with Crippen LogP contribution in [0.3, 0.4) is 0 Å². The third-order valence-corrected chi connectivity index (χ3v) is 6.65. The summed E-state index contributed by atoms with van der Waals surface area (Å²) in [7, 11) is -0.925. The fraction of sp³-hybridized carbons (Fsp3) is 0.409. The van der Waals surface area contributed by atoms with E-state index in [-0.39, 0.29) is 18.8 Å². The molecule has 0 N–H and O–H groups in total. The van der Waals surface area contributed by atoms with Crippen LogP contribution < -0.4 is 18.7 Å². The Morgan fingerprint density at radius 3 is 2.21 bits per heavy atom. The highest BCUT2D eigenvalue weighted by molar-refractivity contribution is 7.92. The minimum Gasteiger partial charge on any atom is -0.493 e. The number of anilines is 2. The highest BCUT2D eigenvalue weighted by atomic mass is 32.2. The Kier molecular flexibility index (Phi) is 7.49. The number of methoxy groups -OCH3 is 2. The predicted molar refractivity (Wildman–Crippen MR) is 122 cm³/mol. The number of rotatable bonds is 7. The normalized spacial score (nSPS) is 14.6. The molecule has 0 radical (unpaired) electrons. The number of hydrogen-bond acceptors (Lipinski definition) is 6. The number of hydrogen-bond donors (Lipinski definition) is 0. The summed E-state index contributed by atoms with van der Waals surface area (Å²) in [4.78, 5) is 16.2. The third kappa shape index (κ3) is 5.85. The van der Waals surface area contributed by atoms with Gasteiger partial charge in [0.2, 0.25) is 15.9 Å². The molecule has 1 amide bonds. The van der Waals surface area contributed by atoms with E-state index in [1.807, 2.05) is 0 Å². The summed E-state index contributed by atoms with van der Waals surface area (Å²) in [6, 6.07) is 9.57. The molecule has 1 fully saturated rings. The highest BCUT2D eigenvalue weighted by Crippen LogP contribution is 2.33. The van der Waals surface area contributed by atoms with Crippen LogP contribution in [0, 0.1) is 0 Å². The average Bonchev–Trinajstić information content (AvgIpc) is 2.81. The molecule has 2 aromatic rings. The zero-order valence-electron chi connectivity index (χ0n) is 19.0. The van der Waals surface area contributed by atoms with E-state index in [0.717, 1.165) is 22.7 Å². The van der Waals surface area contributed by atoms with Gasteiger partial charge in [-0.1, -0.05) is 6.07 Å². The minimum atomic E-state index is -4.44. The molecule has 0 unspecified atom stereocenters. The molecule has 3 rings (SSSR count). The van der Waals surface area contributed by atoms with Gasteiger partial charge in [-0.05, 0) is 30.3 Å². The lowest BCUT2D eigenvalue weighted by molar-refractivity contribution is -0.137. The molecule has 12 heteroatoms. The summed E-state index contributed by atoms with van der Waals surface area (Å²) >= 11 is 0. The predicted octanol–water partition coefficient (Wildman–Crippen LogP) is 2.84. The molecule has 186 valence electrons. The molecule has 0 atom stereocenters. The van der Waals surface area contributed by atoms with Gasteiger partial charge in [0, 0.05) is 37.9 Å². The monoisotopic (exact) mass is 501 g/mol. The summed E-state index contributed by atoms with van der Waals surface area (Å²) in [6.07, 6.45) is -3.43. The van der Waals surface area contributed by atoms with Crippen molar-refractivity contribution in [1.82, 2.24) is 4.90 Å². The first kappa shape index (κ1) is 25.5. The highest BCUT2D eigenvalue weighted by Gasteiger charge is 2.32. The number of carbonyl (C=O) groups excluding carboxylic acids is 1. The van der Waals surface area contributed by atoms with Gasteiger partial charge in [-0.3, -0.25) is 9.10 Å². The van der Waals surface area contributed by atoms with E-state index in [2.05, 4.69) is 0 Å². The van der Waals surface area contributed by atoms with Gasteiger partial charge in [0.15, 0.2) is 11.5 Å². The standard InChI is InChI=1S/C22H26F3N3O5S/c1-32-19-8-7-18(14-20(19)33-2)28(34(3,30)31)15-21(29)27-11-9-26(10-12-27)17-6-4-5-16(13-17)22(23,24)25/h4-8,13-14H,9-12,15H2,1-3H3. The quantitative estimate of drug-likeness (QED) is 0.581. The van der Waals surface area contributed by atoms with Gasteiger partial charge in [-0.15, -0.1) is 0 Å². The first-order chi connectivity index (χ1) is 15.9. The van der Waals surface area contributed by atoms with Crippen molar-refractivity contribution < 1.29 is 35.9 Å². The van der Waals surface area contributed by atoms with Gasteiger partial charge in [0.1, 0.15) is 6.54 Å². The van der Waals surface area contributed by atoms with Gasteiger partial charge in [0.05, 0.1) is 31.7 Å².